The van der Waals surface area contributed by atoms with E-state index in [4.69, 9.17) is 0 Å². The Kier molecular flexibility index (Phi) is 6.01. The summed E-state index contributed by atoms with van der Waals surface area (Å²) in [6.07, 6.45) is -4.40. The summed E-state index contributed by atoms with van der Waals surface area (Å²) in [5.41, 5.74) is 2.43. The number of nitrogens with zero attached hydrogens (tertiary/aromatic N) is 2. The molecule has 7 heteroatoms. The van der Waals surface area contributed by atoms with Gasteiger partial charge in [0.25, 0.3) is 0 Å². The van der Waals surface area contributed by atoms with Gasteiger partial charge in [-0.05, 0) is 12.5 Å². The Bertz CT molecular complexity index is 526. The van der Waals surface area contributed by atoms with E-state index in [0.717, 1.165) is 6.54 Å². The number of halogens is 3. The lowest BCUT2D eigenvalue weighted by Gasteiger charge is -2.34. The molecule has 0 bridgehead atoms. The number of carbonyl (C=O) groups excluding carboxylic acids is 1. The summed E-state index contributed by atoms with van der Waals surface area (Å²) < 4.78 is 40.4. The van der Waals surface area contributed by atoms with Crippen LogP contribution in [-0.2, 0) is 16.1 Å². The first-order valence-corrected chi connectivity index (χ1v) is 7.54. The van der Waals surface area contributed by atoms with E-state index in [-0.39, 0.29) is 5.91 Å². The Morgan fingerprint density at radius 1 is 1.22 bits per heavy atom. The summed E-state index contributed by atoms with van der Waals surface area (Å²) in [7, 11) is 0. The monoisotopic (exact) mass is 330 g/mol. The van der Waals surface area contributed by atoms with Crippen molar-refractivity contribution in [1.29, 1.82) is 0 Å². The third-order valence-electron chi connectivity index (χ3n) is 3.70. The van der Waals surface area contributed by atoms with Gasteiger partial charge in [-0.2, -0.15) is 13.2 Å². The Hall–Kier alpha value is -1.60. The lowest BCUT2D eigenvalue weighted by Crippen LogP contribution is -2.49. The fraction of sp³-hybridized carbons (Fsp3) is 0.562. The molecule has 0 aromatic heterocycles. The van der Waals surface area contributed by atoms with Crippen LogP contribution in [0.15, 0.2) is 24.3 Å². The number of amides is 1. The normalized spacial score (nSPS) is 16.6. The van der Waals surface area contributed by atoms with E-state index < -0.39 is 19.4 Å². The number of aryl methyl sites for hydroxylation is 1. The Morgan fingerprint density at radius 3 is 2.52 bits per heavy atom. The quantitative estimate of drug-likeness (QED) is 0.830. The van der Waals surface area contributed by atoms with Gasteiger partial charge in [-0.3, -0.25) is 9.69 Å². The lowest BCUT2D eigenvalue weighted by atomic mass is 10.1. The second-order valence-corrected chi connectivity index (χ2v) is 5.75. The molecule has 1 fully saturated rings. The van der Waals surface area contributed by atoms with Crippen LogP contribution in [-0.4, -0.2) is 61.3 Å². The zero-order valence-electron chi connectivity index (χ0n) is 13.1. The van der Waals surface area contributed by atoms with Crippen LogP contribution in [0.5, 0.6) is 0 Å². The van der Waals surface area contributed by atoms with E-state index in [1.54, 1.807) is 4.90 Å². The van der Waals surface area contributed by atoms with Crippen LogP contribution in [0.1, 0.15) is 11.1 Å². The van der Waals surface area contributed by atoms with Crippen LogP contribution in [0, 0.1) is 6.92 Å². The van der Waals surface area contributed by atoms with E-state index in [2.05, 4.69) is 21.8 Å². The number of hydrogen-bond donors (Lipinski definition) is 0. The van der Waals surface area contributed by atoms with Crippen LogP contribution >= 0.6 is 0 Å². The van der Waals surface area contributed by atoms with E-state index in [1.807, 2.05) is 19.1 Å². The molecule has 1 aliphatic heterocycles. The van der Waals surface area contributed by atoms with Crippen molar-refractivity contribution in [3.05, 3.63) is 35.4 Å². The van der Waals surface area contributed by atoms with Crippen molar-refractivity contribution >= 4 is 5.91 Å². The molecule has 1 aromatic rings. The van der Waals surface area contributed by atoms with Crippen LogP contribution in [0.4, 0.5) is 13.2 Å². The summed E-state index contributed by atoms with van der Waals surface area (Å²) in [6, 6.07) is 8.25. The molecule has 0 saturated carbocycles. The largest absolute Gasteiger partial charge is 0.411 e. The minimum atomic E-state index is -4.40. The first-order valence-electron chi connectivity index (χ1n) is 7.54. The third kappa shape index (κ3) is 6.19. The smallest absolute Gasteiger partial charge is 0.362 e. The van der Waals surface area contributed by atoms with Gasteiger partial charge >= 0.3 is 6.18 Å². The van der Waals surface area contributed by atoms with Gasteiger partial charge in [0.1, 0.15) is 13.2 Å². The average molecular weight is 330 g/mol. The molecule has 4 nitrogen and oxygen atoms in total. The first-order chi connectivity index (χ1) is 10.8. The topological polar surface area (TPSA) is 32.8 Å². The minimum absolute atomic E-state index is 0.385. The number of carbonyl (C=O) groups is 1. The predicted molar refractivity (Wildman–Crippen MR) is 79.9 cm³/mol. The van der Waals surface area contributed by atoms with Gasteiger partial charge in [-0.25, -0.2) is 0 Å². The van der Waals surface area contributed by atoms with Gasteiger partial charge < -0.3 is 9.64 Å². The van der Waals surface area contributed by atoms with Crippen molar-refractivity contribution in [3.8, 4) is 0 Å². The standard InChI is InChI=1S/C16H21F3N2O2/c1-13-3-2-4-14(9-13)10-20-5-7-21(8-6-20)15(22)11-23-12-16(17,18)19/h2-4,9H,5-8,10-12H2,1H3. The van der Waals surface area contributed by atoms with Crippen molar-refractivity contribution in [2.24, 2.45) is 0 Å². The van der Waals surface area contributed by atoms with E-state index in [9.17, 15) is 18.0 Å². The highest BCUT2D eigenvalue weighted by Crippen LogP contribution is 2.15. The summed E-state index contributed by atoms with van der Waals surface area (Å²) in [4.78, 5) is 15.6. The van der Waals surface area contributed by atoms with Gasteiger partial charge in [0.15, 0.2) is 0 Å². The van der Waals surface area contributed by atoms with Crippen molar-refractivity contribution in [2.75, 3.05) is 39.4 Å². The highest BCUT2D eigenvalue weighted by molar-refractivity contribution is 5.77. The molecular formula is C16H21F3N2O2. The van der Waals surface area contributed by atoms with Gasteiger partial charge in [0, 0.05) is 32.7 Å². The fourth-order valence-electron chi connectivity index (χ4n) is 2.57. The van der Waals surface area contributed by atoms with Crippen molar-refractivity contribution < 1.29 is 22.7 Å². The maximum Gasteiger partial charge on any atom is 0.411 e. The van der Waals surface area contributed by atoms with Gasteiger partial charge in [0.05, 0.1) is 0 Å². The molecule has 1 aromatic carbocycles. The molecule has 0 radical (unpaired) electrons. The van der Waals surface area contributed by atoms with Crippen molar-refractivity contribution in [3.63, 3.8) is 0 Å². The summed E-state index contributed by atoms with van der Waals surface area (Å²) in [5.74, 6) is -0.385. The number of hydrogen-bond acceptors (Lipinski definition) is 3. The van der Waals surface area contributed by atoms with E-state index in [0.29, 0.717) is 26.2 Å². The molecule has 2 rings (SSSR count). The van der Waals surface area contributed by atoms with E-state index >= 15 is 0 Å². The second-order valence-electron chi connectivity index (χ2n) is 5.75. The van der Waals surface area contributed by atoms with Gasteiger partial charge in [-0.1, -0.05) is 29.8 Å². The number of alkyl halides is 3. The molecule has 0 unspecified atom stereocenters. The third-order valence-corrected chi connectivity index (χ3v) is 3.70. The van der Waals surface area contributed by atoms with Crippen LogP contribution in [0.3, 0.4) is 0 Å². The number of rotatable bonds is 5. The number of benzene rings is 1. The van der Waals surface area contributed by atoms with E-state index in [1.165, 1.54) is 11.1 Å². The Balaban J connectivity index is 1.72. The zero-order chi connectivity index (χ0) is 16.9. The highest BCUT2D eigenvalue weighted by atomic mass is 19.4. The SMILES string of the molecule is Cc1cccc(CN2CCN(C(=O)COCC(F)(F)F)CC2)c1. The van der Waals surface area contributed by atoms with Crippen LogP contribution in [0.2, 0.25) is 0 Å². The van der Waals surface area contributed by atoms with Gasteiger partial charge in [-0.15, -0.1) is 0 Å². The molecule has 0 atom stereocenters. The summed E-state index contributed by atoms with van der Waals surface area (Å²) >= 11 is 0. The van der Waals surface area contributed by atoms with Crippen molar-refractivity contribution in [2.45, 2.75) is 19.6 Å². The van der Waals surface area contributed by atoms with Crippen LogP contribution < -0.4 is 0 Å². The summed E-state index contributed by atoms with van der Waals surface area (Å²) in [5, 5.41) is 0. The molecule has 1 amide bonds. The maximum absolute atomic E-state index is 12.0. The van der Waals surface area contributed by atoms with Crippen LogP contribution in [0.25, 0.3) is 0 Å². The fourth-order valence-corrected chi connectivity index (χ4v) is 2.57. The molecule has 0 N–H and O–H groups in total. The van der Waals surface area contributed by atoms with Crippen molar-refractivity contribution in [1.82, 2.24) is 9.80 Å². The zero-order valence-corrected chi connectivity index (χ0v) is 13.1. The molecule has 1 heterocycles. The maximum atomic E-state index is 12.0. The number of ether oxygens (including phenoxy) is 1. The summed E-state index contributed by atoms with van der Waals surface area (Å²) in [6.45, 7) is 3.40. The average Bonchev–Trinajstić information content (AvgIpc) is 2.46. The second kappa shape index (κ2) is 7.79. The lowest BCUT2D eigenvalue weighted by molar-refractivity contribution is -0.178. The molecule has 1 aliphatic rings. The highest BCUT2D eigenvalue weighted by Gasteiger charge is 2.28. The Labute approximate surface area is 133 Å². The van der Waals surface area contributed by atoms with Gasteiger partial charge in [0.2, 0.25) is 5.91 Å². The molecule has 0 aliphatic carbocycles. The molecule has 128 valence electrons. The molecule has 23 heavy (non-hydrogen) atoms. The molecular weight excluding hydrogens is 309 g/mol. The predicted octanol–water partition coefficient (Wildman–Crippen LogP) is 2.22. The minimum Gasteiger partial charge on any atom is -0.362 e. The molecule has 0 spiro atoms. The number of piperazine rings is 1. The Morgan fingerprint density at radius 2 is 1.91 bits per heavy atom. The first kappa shape index (κ1) is 17.7. The molecule has 1 saturated heterocycles.